The van der Waals surface area contributed by atoms with E-state index in [1.54, 1.807) is 54.6 Å². The van der Waals surface area contributed by atoms with Crippen molar-refractivity contribution in [3.63, 3.8) is 0 Å². The molecule has 0 saturated carbocycles. The largest absolute Gasteiger partial charge is 0.494 e. The molecule has 0 aromatic heterocycles. The summed E-state index contributed by atoms with van der Waals surface area (Å²) >= 11 is 0. The van der Waals surface area contributed by atoms with Gasteiger partial charge in [0.1, 0.15) is 11.5 Å². The van der Waals surface area contributed by atoms with Crippen LogP contribution in [0, 0.1) is 0 Å². The zero-order chi connectivity index (χ0) is 26.3. The Morgan fingerprint density at radius 3 is 2.27 bits per heavy atom. The first-order valence-corrected chi connectivity index (χ1v) is 11.9. The maximum Gasteiger partial charge on any atom is 0.336 e. The number of amides is 2. The summed E-state index contributed by atoms with van der Waals surface area (Å²) in [5.41, 5.74) is 4.37. The van der Waals surface area contributed by atoms with Gasteiger partial charge in [0.25, 0.3) is 11.8 Å². The zero-order valence-electron chi connectivity index (χ0n) is 20.6. The average molecular weight is 500 g/mol. The molecule has 37 heavy (non-hydrogen) atoms. The van der Waals surface area contributed by atoms with Crippen LogP contribution in [0.3, 0.4) is 0 Å². The predicted molar refractivity (Wildman–Crippen MR) is 142 cm³/mol. The van der Waals surface area contributed by atoms with Crippen LogP contribution in [-0.4, -0.2) is 37.1 Å². The molecule has 0 bridgehead atoms. The molecule has 2 N–H and O–H groups in total. The van der Waals surface area contributed by atoms with Gasteiger partial charge < -0.3 is 14.8 Å². The SMILES string of the molecule is CCCCOc1ccc(C(=O)NCC(=O)NN=Cc2ccc(OC(=O)C=Cc3ccccc3)cc2)cc1. The molecule has 190 valence electrons. The number of carbonyl (C=O) groups excluding carboxylic acids is 3. The summed E-state index contributed by atoms with van der Waals surface area (Å²) in [4.78, 5) is 36.2. The molecular weight excluding hydrogens is 470 g/mol. The molecule has 8 heteroatoms. The summed E-state index contributed by atoms with van der Waals surface area (Å²) in [6.07, 6.45) is 6.49. The van der Waals surface area contributed by atoms with Crippen molar-refractivity contribution in [2.24, 2.45) is 5.10 Å². The van der Waals surface area contributed by atoms with Gasteiger partial charge in [-0.3, -0.25) is 9.59 Å². The lowest BCUT2D eigenvalue weighted by atomic mass is 10.2. The van der Waals surface area contributed by atoms with Crippen LogP contribution < -0.4 is 20.2 Å². The van der Waals surface area contributed by atoms with Crippen molar-refractivity contribution >= 4 is 30.1 Å². The number of rotatable bonds is 12. The third-order valence-electron chi connectivity index (χ3n) is 5.01. The number of benzene rings is 3. The summed E-state index contributed by atoms with van der Waals surface area (Å²) in [5, 5.41) is 6.43. The van der Waals surface area contributed by atoms with E-state index < -0.39 is 11.9 Å². The molecule has 0 heterocycles. The first kappa shape index (κ1) is 26.9. The molecule has 8 nitrogen and oxygen atoms in total. The molecule has 3 aromatic carbocycles. The second-order valence-electron chi connectivity index (χ2n) is 7.94. The normalized spacial score (nSPS) is 10.8. The van der Waals surface area contributed by atoms with E-state index in [1.807, 2.05) is 30.3 Å². The number of esters is 1. The van der Waals surface area contributed by atoms with Crippen molar-refractivity contribution in [2.45, 2.75) is 19.8 Å². The summed E-state index contributed by atoms with van der Waals surface area (Å²) < 4.78 is 10.8. The number of nitrogens with one attached hydrogen (secondary N) is 2. The van der Waals surface area contributed by atoms with Crippen LogP contribution in [0.1, 0.15) is 41.3 Å². The Hall–Kier alpha value is -4.72. The van der Waals surface area contributed by atoms with Gasteiger partial charge in [-0.25, -0.2) is 10.2 Å². The molecule has 0 spiro atoms. The molecule has 0 saturated heterocycles. The minimum atomic E-state index is -0.490. The van der Waals surface area contributed by atoms with Crippen molar-refractivity contribution in [3.8, 4) is 11.5 Å². The highest BCUT2D eigenvalue weighted by atomic mass is 16.5. The predicted octanol–water partition coefficient (Wildman–Crippen LogP) is 4.36. The molecule has 2 amide bonds. The molecule has 0 unspecified atom stereocenters. The molecule has 0 aliphatic heterocycles. The Kier molecular flexibility index (Phi) is 10.6. The van der Waals surface area contributed by atoms with Crippen LogP contribution in [0.25, 0.3) is 6.08 Å². The van der Waals surface area contributed by atoms with Gasteiger partial charge in [-0.15, -0.1) is 0 Å². The number of carbonyl (C=O) groups is 3. The highest BCUT2D eigenvalue weighted by molar-refractivity contribution is 5.96. The molecule has 0 radical (unpaired) electrons. The molecule has 0 atom stereocenters. The van der Waals surface area contributed by atoms with Gasteiger partial charge >= 0.3 is 5.97 Å². The Bertz CT molecular complexity index is 1220. The van der Waals surface area contributed by atoms with Crippen molar-refractivity contribution in [1.29, 1.82) is 0 Å². The van der Waals surface area contributed by atoms with Gasteiger partial charge in [-0.1, -0.05) is 43.7 Å². The van der Waals surface area contributed by atoms with E-state index in [0.29, 0.717) is 29.2 Å². The Morgan fingerprint density at radius 2 is 1.57 bits per heavy atom. The average Bonchev–Trinajstić information content (AvgIpc) is 2.92. The van der Waals surface area contributed by atoms with Gasteiger partial charge in [0, 0.05) is 11.6 Å². The van der Waals surface area contributed by atoms with Crippen LogP contribution in [0.2, 0.25) is 0 Å². The smallest absolute Gasteiger partial charge is 0.336 e. The van der Waals surface area contributed by atoms with E-state index in [1.165, 1.54) is 12.3 Å². The first-order chi connectivity index (χ1) is 18.0. The Morgan fingerprint density at radius 1 is 0.865 bits per heavy atom. The third-order valence-corrected chi connectivity index (χ3v) is 5.01. The number of hydrogen-bond acceptors (Lipinski definition) is 6. The number of hydrogen-bond donors (Lipinski definition) is 2. The minimum absolute atomic E-state index is 0.226. The number of hydrazone groups is 1. The molecular formula is C29H29N3O5. The van der Waals surface area contributed by atoms with Crippen LogP contribution in [-0.2, 0) is 9.59 Å². The van der Waals surface area contributed by atoms with Crippen molar-refractivity contribution in [1.82, 2.24) is 10.7 Å². The van der Waals surface area contributed by atoms with Gasteiger partial charge in [-0.2, -0.15) is 5.10 Å². The molecule has 0 aliphatic carbocycles. The lowest BCUT2D eigenvalue weighted by Crippen LogP contribution is -2.34. The quantitative estimate of drug-likeness (QED) is 0.0962. The highest BCUT2D eigenvalue weighted by Crippen LogP contribution is 2.13. The van der Waals surface area contributed by atoms with Crippen molar-refractivity contribution in [2.75, 3.05) is 13.2 Å². The summed E-state index contributed by atoms with van der Waals surface area (Å²) in [6.45, 7) is 2.49. The topological polar surface area (TPSA) is 106 Å². The lowest BCUT2D eigenvalue weighted by molar-refractivity contribution is -0.129. The number of unbranched alkanes of at least 4 members (excludes halogenated alkanes) is 1. The van der Waals surface area contributed by atoms with E-state index >= 15 is 0 Å². The first-order valence-electron chi connectivity index (χ1n) is 11.9. The van der Waals surface area contributed by atoms with Crippen LogP contribution in [0.15, 0.2) is 90.0 Å². The summed E-state index contributed by atoms with van der Waals surface area (Å²) in [6, 6.07) is 22.8. The lowest BCUT2D eigenvalue weighted by Gasteiger charge is -2.07. The van der Waals surface area contributed by atoms with Gasteiger partial charge in [0.2, 0.25) is 0 Å². The molecule has 0 aliphatic rings. The number of ether oxygens (including phenoxy) is 2. The van der Waals surface area contributed by atoms with Crippen molar-refractivity contribution < 1.29 is 23.9 Å². The maximum absolute atomic E-state index is 12.2. The Balaban J connectivity index is 1.38. The monoisotopic (exact) mass is 499 g/mol. The molecule has 3 rings (SSSR count). The van der Waals surface area contributed by atoms with E-state index in [9.17, 15) is 14.4 Å². The minimum Gasteiger partial charge on any atom is -0.494 e. The summed E-state index contributed by atoms with van der Waals surface area (Å²) in [7, 11) is 0. The van der Waals surface area contributed by atoms with Crippen LogP contribution in [0.4, 0.5) is 0 Å². The highest BCUT2D eigenvalue weighted by Gasteiger charge is 2.08. The second-order valence-corrected chi connectivity index (χ2v) is 7.94. The zero-order valence-corrected chi connectivity index (χ0v) is 20.6. The van der Waals surface area contributed by atoms with Crippen LogP contribution in [0.5, 0.6) is 11.5 Å². The van der Waals surface area contributed by atoms with E-state index in [0.717, 1.165) is 18.4 Å². The fourth-order valence-electron chi connectivity index (χ4n) is 3.02. The fourth-order valence-corrected chi connectivity index (χ4v) is 3.02. The van der Waals surface area contributed by atoms with E-state index in [2.05, 4.69) is 22.8 Å². The van der Waals surface area contributed by atoms with Gasteiger partial charge in [0.15, 0.2) is 0 Å². The van der Waals surface area contributed by atoms with Gasteiger partial charge in [-0.05, 0) is 72.2 Å². The van der Waals surface area contributed by atoms with E-state index in [4.69, 9.17) is 9.47 Å². The van der Waals surface area contributed by atoms with Gasteiger partial charge in [0.05, 0.1) is 19.4 Å². The van der Waals surface area contributed by atoms with Crippen LogP contribution >= 0.6 is 0 Å². The molecule has 3 aromatic rings. The number of nitrogens with zero attached hydrogens (tertiary/aromatic N) is 1. The maximum atomic E-state index is 12.2. The Labute approximate surface area is 216 Å². The fraction of sp³-hybridized carbons (Fsp3) is 0.172. The standard InChI is InChI=1S/C29H29N3O5/c1-2-3-19-36-25-16-12-24(13-17-25)29(35)30-21-27(33)32-31-20-23-9-14-26(15-10-23)37-28(34)18-11-22-7-5-4-6-8-22/h4-18,20H,2-3,19,21H2,1H3,(H,30,35)(H,32,33). The second kappa shape index (κ2) is 14.6. The van der Waals surface area contributed by atoms with Crippen molar-refractivity contribution in [3.05, 3.63) is 102 Å². The van der Waals surface area contributed by atoms with E-state index in [-0.39, 0.29) is 12.5 Å². The molecule has 0 fully saturated rings. The summed E-state index contributed by atoms with van der Waals surface area (Å²) in [5.74, 6) is -0.256. The third kappa shape index (κ3) is 9.81.